The largest absolute Gasteiger partial charge is 0.477 e. The highest BCUT2D eigenvalue weighted by Crippen LogP contribution is 2.21. The van der Waals surface area contributed by atoms with Gasteiger partial charge in [-0.2, -0.15) is 4.98 Å². The summed E-state index contributed by atoms with van der Waals surface area (Å²) in [6.45, 7) is 7.60. The second kappa shape index (κ2) is 7.86. The molecule has 0 unspecified atom stereocenters. The molecule has 1 saturated heterocycles. The van der Waals surface area contributed by atoms with E-state index in [4.69, 9.17) is 9.47 Å². The highest BCUT2D eigenvalue weighted by Gasteiger charge is 2.28. The zero-order valence-corrected chi connectivity index (χ0v) is 15.1. The molecule has 2 rings (SSSR count). The van der Waals surface area contributed by atoms with Crippen molar-refractivity contribution < 1.29 is 14.3 Å². The maximum absolute atomic E-state index is 12.2. The van der Waals surface area contributed by atoms with Gasteiger partial charge in [-0.25, -0.2) is 9.78 Å². The fourth-order valence-electron chi connectivity index (χ4n) is 2.40. The lowest BCUT2D eigenvalue weighted by molar-refractivity contribution is 0.0138. The molecule has 23 heavy (non-hydrogen) atoms. The third-order valence-corrected chi connectivity index (χ3v) is 3.99. The van der Waals surface area contributed by atoms with Gasteiger partial charge in [0.25, 0.3) is 0 Å². The number of thioether (sulfide) groups is 1. The second-order valence-corrected chi connectivity index (χ2v) is 7.40. The minimum absolute atomic E-state index is 0.242. The van der Waals surface area contributed by atoms with Crippen LogP contribution in [0.1, 0.15) is 33.6 Å². The van der Waals surface area contributed by atoms with Gasteiger partial charge in [-0.1, -0.05) is 11.8 Å². The number of rotatable bonds is 4. The molecule has 0 aliphatic carbocycles. The van der Waals surface area contributed by atoms with Crippen LogP contribution in [-0.2, 0) is 4.74 Å². The molecule has 0 radical (unpaired) electrons. The van der Waals surface area contributed by atoms with Crippen molar-refractivity contribution in [2.75, 3.05) is 26.0 Å². The lowest BCUT2D eigenvalue weighted by atomic mass is 9.99. The molecule has 1 atom stereocenters. The molecule has 1 aliphatic rings. The molecule has 1 aliphatic heterocycles. The van der Waals surface area contributed by atoms with Gasteiger partial charge in [-0.3, -0.25) is 0 Å². The maximum atomic E-state index is 12.2. The molecular weight excluding hydrogens is 314 g/mol. The van der Waals surface area contributed by atoms with Gasteiger partial charge in [-0.05, 0) is 39.9 Å². The molecule has 1 fully saturated rings. The van der Waals surface area contributed by atoms with Crippen LogP contribution in [0.15, 0.2) is 17.4 Å². The zero-order valence-electron chi connectivity index (χ0n) is 14.2. The number of likely N-dealkylation sites (tertiary alicyclic amines) is 1. The monoisotopic (exact) mass is 339 g/mol. The van der Waals surface area contributed by atoms with Crippen molar-refractivity contribution in [2.24, 2.45) is 5.92 Å². The van der Waals surface area contributed by atoms with Crippen molar-refractivity contribution >= 4 is 17.9 Å². The zero-order chi connectivity index (χ0) is 16.9. The van der Waals surface area contributed by atoms with Crippen LogP contribution >= 0.6 is 11.8 Å². The number of carbonyl (C=O) groups excluding carboxylic acids is 1. The van der Waals surface area contributed by atoms with Crippen LogP contribution in [0.2, 0.25) is 0 Å². The van der Waals surface area contributed by atoms with Gasteiger partial charge in [0.2, 0.25) is 5.88 Å². The topological polar surface area (TPSA) is 64.5 Å². The Kier molecular flexibility index (Phi) is 6.10. The van der Waals surface area contributed by atoms with Crippen molar-refractivity contribution in [3.05, 3.63) is 12.3 Å². The van der Waals surface area contributed by atoms with E-state index in [-0.39, 0.29) is 6.09 Å². The smallest absolute Gasteiger partial charge is 0.410 e. The van der Waals surface area contributed by atoms with E-state index in [1.165, 1.54) is 11.8 Å². The average molecular weight is 339 g/mol. The molecular formula is C16H25N3O3S. The summed E-state index contributed by atoms with van der Waals surface area (Å²) in [4.78, 5) is 22.4. The van der Waals surface area contributed by atoms with E-state index in [0.717, 1.165) is 19.4 Å². The number of piperidine rings is 1. The van der Waals surface area contributed by atoms with E-state index in [1.807, 2.05) is 27.0 Å². The summed E-state index contributed by atoms with van der Waals surface area (Å²) in [5.74, 6) is 0.878. The molecule has 0 aromatic carbocycles. The summed E-state index contributed by atoms with van der Waals surface area (Å²) < 4.78 is 11.2. The normalized spacial score (nSPS) is 18.6. The molecule has 2 heterocycles. The van der Waals surface area contributed by atoms with Crippen LogP contribution in [0, 0.1) is 5.92 Å². The SMILES string of the molecule is CSc1nccc(OC[C@H]2CCCN(C(=O)OC(C)(C)C)C2)n1. The number of hydrogen-bond acceptors (Lipinski definition) is 6. The van der Waals surface area contributed by atoms with Crippen molar-refractivity contribution in [3.8, 4) is 5.88 Å². The van der Waals surface area contributed by atoms with Crippen LogP contribution in [0.5, 0.6) is 5.88 Å². The number of carbonyl (C=O) groups is 1. The predicted octanol–water partition coefficient (Wildman–Crippen LogP) is 3.22. The lowest BCUT2D eigenvalue weighted by Crippen LogP contribution is -2.44. The van der Waals surface area contributed by atoms with Crippen molar-refractivity contribution in [2.45, 2.75) is 44.4 Å². The van der Waals surface area contributed by atoms with E-state index < -0.39 is 5.60 Å². The average Bonchev–Trinajstić information content (AvgIpc) is 2.52. The van der Waals surface area contributed by atoms with E-state index >= 15 is 0 Å². The Labute approximate surface area is 142 Å². The van der Waals surface area contributed by atoms with E-state index in [2.05, 4.69) is 9.97 Å². The first-order valence-corrected chi connectivity index (χ1v) is 9.07. The van der Waals surface area contributed by atoms with Crippen molar-refractivity contribution in [3.63, 3.8) is 0 Å². The number of amides is 1. The minimum Gasteiger partial charge on any atom is -0.477 e. The fraction of sp³-hybridized carbons (Fsp3) is 0.688. The van der Waals surface area contributed by atoms with E-state index in [1.54, 1.807) is 17.2 Å². The molecule has 0 N–H and O–H groups in total. The maximum Gasteiger partial charge on any atom is 0.410 e. The van der Waals surface area contributed by atoms with Gasteiger partial charge in [0.1, 0.15) is 5.60 Å². The number of aromatic nitrogens is 2. The molecule has 1 aromatic heterocycles. The van der Waals surface area contributed by atoms with Gasteiger partial charge in [0, 0.05) is 31.3 Å². The number of nitrogens with zero attached hydrogens (tertiary/aromatic N) is 3. The molecule has 0 spiro atoms. The highest BCUT2D eigenvalue weighted by molar-refractivity contribution is 7.98. The Hall–Kier alpha value is -1.50. The minimum atomic E-state index is -0.463. The lowest BCUT2D eigenvalue weighted by Gasteiger charge is -2.33. The van der Waals surface area contributed by atoms with Crippen LogP contribution in [0.4, 0.5) is 4.79 Å². The predicted molar refractivity (Wildman–Crippen MR) is 89.8 cm³/mol. The molecule has 1 aromatic rings. The molecule has 128 valence electrons. The highest BCUT2D eigenvalue weighted by atomic mass is 32.2. The van der Waals surface area contributed by atoms with Gasteiger partial charge < -0.3 is 14.4 Å². The standard InChI is InChI=1S/C16H25N3O3S/c1-16(2,3)22-15(20)19-9-5-6-12(10-19)11-21-13-7-8-17-14(18-13)23-4/h7-8,12H,5-6,9-11H2,1-4H3/t12-/m0/s1. The summed E-state index contributed by atoms with van der Waals surface area (Å²) in [5.41, 5.74) is -0.463. The van der Waals surface area contributed by atoms with Gasteiger partial charge in [-0.15, -0.1) is 0 Å². The summed E-state index contributed by atoms with van der Waals surface area (Å²) in [5, 5.41) is 0.696. The van der Waals surface area contributed by atoms with Crippen LogP contribution in [-0.4, -0.2) is 52.5 Å². The summed E-state index contributed by atoms with van der Waals surface area (Å²) in [7, 11) is 0. The van der Waals surface area contributed by atoms with Crippen LogP contribution in [0.25, 0.3) is 0 Å². The Bertz CT molecular complexity index is 534. The van der Waals surface area contributed by atoms with Gasteiger partial charge >= 0.3 is 6.09 Å². The quantitative estimate of drug-likeness (QED) is 0.620. The summed E-state index contributed by atoms with van der Waals surface area (Å²) in [6, 6.07) is 1.76. The third kappa shape index (κ3) is 5.89. The fourth-order valence-corrected chi connectivity index (χ4v) is 2.75. The molecule has 6 nitrogen and oxygen atoms in total. The molecule has 7 heteroatoms. The Morgan fingerprint density at radius 3 is 2.96 bits per heavy atom. The van der Waals surface area contributed by atoms with Crippen molar-refractivity contribution in [1.82, 2.24) is 14.9 Å². The van der Waals surface area contributed by atoms with Gasteiger partial charge in [0.05, 0.1) is 6.61 Å². The molecule has 0 bridgehead atoms. The Morgan fingerprint density at radius 1 is 1.48 bits per heavy atom. The Morgan fingerprint density at radius 2 is 2.26 bits per heavy atom. The number of ether oxygens (including phenoxy) is 2. The summed E-state index contributed by atoms with van der Waals surface area (Å²) in [6.07, 6.45) is 5.39. The van der Waals surface area contributed by atoms with Crippen LogP contribution in [0.3, 0.4) is 0 Å². The molecule has 1 amide bonds. The van der Waals surface area contributed by atoms with Crippen molar-refractivity contribution in [1.29, 1.82) is 0 Å². The third-order valence-electron chi connectivity index (χ3n) is 3.43. The first-order chi connectivity index (χ1) is 10.9. The van der Waals surface area contributed by atoms with E-state index in [0.29, 0.717) is 30.1 Å². The number of hydrogen-bond donors (Lipinski definition) is 0. The first kappa shape index (κ1) is 17.8. The van der Waals surface area contributed by atoms with Crippen LogP contribution < -0.4 is 4.74 Å². The van der Waals surface area contributed by atoms with Gasteiger partial charge in [0.15, 0.2) is 5.16 Å². The Balaban J connectivity index is 1.85. The molecule has 0 saturated carbocycles. The summed E-state index contributed by atoms with van der Waals surface area (Å²) >= 11 is 1.48. The second-order valence-electron chi connectivity index (χ2n) is 6.63. The first-order valence-electron chi connectivity index (χ1n) is 7.85. The van der Waals surface area contributed by atoms with E-state index in [9.17, 15) is 4.79 Å².